The van der Waals surface area contributed by atoms with Crippen molar-refractivity contribution in [2.45, 2.75) is 77.7 Å². The van der Waals surface area contributed by atoms with E-state index in [9.17, 15) is 0 Å². The summed E-state index contributed by atoms with van der Waals surface area (Å²) in [4.78, 5) is 6.95. The maximum absolute atomic E-state index is 9.12. The molecule has 2 aliphatic heterocycles. The molecule has 2 aliphatic rings. The van der Waals surface area contributed by atoms with Gasteiger partial charge in [-0.1, -0.05) is 26.7 Å². The zero-order valence-electron chi connectivity index (χ0n) is 20.6. The minimum absolute atomic E-state index is 0.115. The Morgan fingerprint density at radius 1 is 0.710 bits per heavy atom. The van der Waals surface area contributed by atoms with Gasteiger partial charge in [0.2, 0.25) is 0 Å². The average molecular weight is 448 g/mol. The largest absolute Gasteiger partial charge is 0.396 e. The van der Waals surface area contributed by atoms with E-state index in [1.165, 1.54) is 64.6 Å². The van der Waals surface area contributed by atoms with Crippen LogP contribution in [-0.2, 0) is 0 Å². The summed E-state index contributed by atoms with van der Waals surface area (Å²) in [5, 5.41) is 34.9. The smallest absolute Gasteiger partial charge is 0.0897 e. The van der Waals surface area contributed by atoms with Gasteiger partial charge < -0.3 is 35.1 Å². The van der Waals surface area contributed by atoms with E-state index in [0.717, 1.165) is 45.6 Å². The number of β-amino-alcohol motifs (C(OH)–C–C–N with tert-alkyl or cyclic N) is 1. The van der Waals surface area contributed by atoms with E-state index in [0.29, 0.717) is 6.54 Å². The van der Waals surface area contributed by atoms with Crippen molar-refractivity contribution >= 4 is 0 Å². The molecule has 0 aliphatic carbocycles. The first-order valence-electron chi connectivity index (χ1n) is 12.8. The van der Waals surface area contributed by atoms with Crippen molar-refractivity contribution in [3.05, 3.63) is 0 Å². The number of nitrogens with zero attached hydrogens (tertiary/aromatic N) is 3. The highest BCUT2D eigenvalue weighted by atomic mass is 16.3. The Kier molecular flexibility index (Phi) is 22.7. The lowest BCUT2D eigenvalue weighted by molar-refractivity contribution is 0.0533. The molecule has 0 spiro atoms. The van der Waals surface area contributed by atoms with Gasteiger partial charge in [0.15, 0.2) is 0 Å². The number of piperidine rings is 2. The first-order chi connectivity index (χ1) is 15.1. The lowest BCUT2D eigenvalue weighted by Crippen LogP contribution is -2.37. The van der Waals surface area contributed by atoms with Crippen LogP contribution >= 0.6 is 0 Å². The third-order valence-corrected chi connectivity index (χ3v) is 5.71. The van der Waals surface area contributed by atoms with Crippen LogP contribution in [0.15, 0.2) is 0 Å². The Morgan fingerprint density at radius 2 is 1.29 bits per heavy atom. The van der Waals surface area contributed by atoms with Crippen LogP contribution < -0.4 is 0 Å². The SMILES string of the molecule is CCCN(CCO)CCCO.CCCN1CCCCC1.OCC(O)CN1CCCCC1. The van der Waals surface area contributed by atoms with Crippen LogP contribution in [0.3, 0.4) is 0 Å². The van der Waals surface area contributed by atoms with Crippen molar-refractivity contribution in [1.29, 1.82) is 0 Å². The maximum atomic E-state index is 9.12. The molecule has 7 nitrogen and oxygen atoms in total. The fourth-order valence-corrected chi connectivity index (χ4v) is 4.08. The van der Waals surface area contributed by atoms with Crippen LogP contribution in [0.5, 0.6) is 0 Å². The Hall–Kier alpha value is -0.280. The summed E-state index contributed by atoms with van der Waals surface area (Å²) >= 11 is 0. The second kappa shape index (κ2) is 22.9. The predicted molar refractivity (Wildman–Crippen MR) is 129 cm³/mol. The van der Waals surface area contributed by atoms with Crippen LogP contribution in [0.4, 0.5) is 0 Å². The standard InChI is InChI=1S/C8H17NO2.C8H19NO2.C8H17N/c10-7-8(11)6-9-4-2-1-3-5-9;1-2-4-9(6-8-11)5-3-7-10;1-2-6-9-7-4-3-5-8-9/h8,10-11H,1-7H2;10-11H,2-8H2,1H3;2-8H2,1H3. The van der Waals surface area contributed by atoms with Gasteiger partial charge in [0.25, 0.3) is 0 Å². The van der Waals surface area contributed by atoms with Gasteiger partial charge >= 0.3 is 0 Å². The number of likely N-dealkylation sites (tertiary alicyclic amines) is 2. The molecule has 0 bridgehead atoms. The van der Waals surface area contributed by atoms with Crippen LogP contribution in [0.25, 0.3) is 0 Å². The molecule has 1 unspecified atom stereocenters. The van der Waals surface area contributed by atoms with Crippen molar-refractivity contribution in [2.24, 2.45) is 0 Å². The molecule has 188 valence electrons. The summed E-state index contributed by atoms with van der Waals surface area (Å²) < 4.78 is 0. The second-order valence-electron chi connectivity index (χ2n) is 8.74. The van der Waals surface area contributed by atoms with E-state index >= 15 is 0 Å². The van der Waals surface area contributed by atoms with Gasteiger partial charge in [-0.3, -0.25) is 0 Å². The van der Waals surface area contributed by atoms with E-state index in [4.69, 9.17) is 20.4 Å². The number of aliphatic hydroxyl groups excluding tert-OH is 4. The zero-order valence-corrected chi connectivity index (χ0v) is 20.6. The number of rotatable bonds is 12. The average Bonchev–Trinajstić information content (AvgIpc) is 2.80. The molecule has 31 heavy (non-hydrogen) atoms. The molecule has 2 heterocycles. The van der Waals surface area contributed by atoms with Gasteiger partial charge in [-0.05, 0) is 84.2 Å². The molecule has 0 amide bonds. The summed E-state index contributed by atoms with van der Waals surface area (Å²) in [6, 6.07) is 0. The lowest BCUT2D eigenvalue weighted by Gasteiger charge is -2.27. The molecule has 0 saturated carbocycles. The van der Waals surface area contributed by atoms with Crippen molar-refractivity contribution in [2.75, 3.05) is 78.7 Å². The summed E-state index contributed by atoms with van der Waals surface area (Å²) in [5.41, 5.74) is 0. The third-order valence-electron chi connectivity index (χ3n) is 5.71. The highest BCUT2D eigenvalue weighted by molar-refractivity contribution is 4.68. The lowest BCUT2D eigenvalue weighted by atomic mass is 10.1. The van der Waals surface area contributed by atoms with Crippen molar-refractivity contribution in [1.82, 2.24) is 14.7 Å². The van der Waals surface area contributed by atoms with Crippen LogP contribution in [0, 0.1) is 0 Å². The van der Waals surface area contributed by atoms with E-state index in [-0.39, 0.29) is 19.8 Å². The molecular formula is C24H53N3O4. The molecule has 2 saturated heterocycles. The molecule has 4 N–H and O–H groups in total. The topological polar surface area (TPSA) is 90.6 Å². The zero-order chi connectivity index (χ0) is 23.2. The van der Waals surface area contributed by atoms with Gasteiger partial charge in [-0.15, -0.1) is 0 Å². The summed E-state index contributed by atoms with van der Waals surface area (Å²) in [5.74, 6) is 0. The first kappa shape index (κ1) is 30.7. The molecule has 7 heteroatoms. The van der Waals surface area contributed by atoms with E-state index < -0.39 is 6.10 Å². The Bertz CT molecular complexity index is 341. The van der Waals surface area contributed by atoms with Gasteiger partial charge in [-0.25, -0.2) is 0 Å². The molecule has 2 rings (SSSR count). The van der Waals surface area contributed by atoms with Crippen molar-refractivity contribution < 1.29 is 20.4 Å². The molecule has 1 atom stereocenters. The number of hydrogen-bond donors (Lipinski definition) is 4. The molecular weight excluding hydrogens is 394 g/mol. The maximum Gasteiger partial charge on any atom is 0.0897 e. The van der Waals surface area contributed by atoms with Gasteiger partial charge in [-0.2, -0.15) is 0 Å². The quantitative estimate of drug-likeness (QED) is 0.362. The normalized spacial score (nSPS) is 18.7. The van der Waals surface area contributed by atoms with Gasteiger partial charge in [0.05, 0.1) is 19.3 Å². The monoisotopic (exact) mass is 447 g/mol. The van der Waals surface area contributed by atoms with Crippen molar-refractivity contribution in [3.63, 3.8) is 0 Å². The van der Waals surface area contributed by atoms with E-state index in [1.54, 1.807) is 0 Å². The summed E-state index contributed by atoms with van der Waals surface area (Å²) in [6.45, 7) is 14.2. The van der Waals surface area contributed by atoms with E-state index in [1.807, 2.05) is 0 Å². The van der Waals surface area contributed by atoms with Crippen LogP contribution in [0.2, 0.25) is 0 Å². The molecule has 0 aromatic rings. The fourth-order valence-electron chi connectivity index (χ4n) is 4.08. The molecule has 2 fully saturated rings. The molecule has 0 aromatic carbocycles. The summed E-state index contributed by atoms with van der Waals surface area (Å²) in [6.07, 6.45) is 10.8. The van der Waals surface area contributed by atoms with Crippen LogP contribution in [0.1, 0.15) is 71.6 Å². The minimum atomic E-state index is -0.548. The Labute approximate surface area is 192 Å². The van der Waals surface area contributed by atoms with Crippen LogP contribution in [-0.4, -0.2) is 120 Å². The highest BCUT2D eigenvalue weighted by Gasteiger charge is 2.13. The third kappa shape index (κ3) is 18.9. The molecule has 0 radical (unpaired) electrons. The Morgan fingerprint density at radius 3 is 1.74 bits per heavy atom. The van der Waals surface area contributed by atoms with Gasteiger partial charge in [0, 0.05) is 26.2 Å². The number of aliphatic hydroxyl groups is 4. The van der Waals surface area contributed by atoms with E-state index in [2.05, 4.69) is 28.5 Å². The minimum Gasteiger partial charge on any atom is -0.396 e. The number of hydrogen-bond acceptors (Lipinski definition) is 7. The molecule has 0 aromatic heterocycles. The summed E-state index contributed by atoms with van der Waals surface area (Å²) in [7, 11) is 0. The highest BCUT2D eigenvalue weighted by Crippen LogP contribution is 2.09. The van der Waals surface area contributed by atoms with Crippen molar-refractivity contribution in [3.8, 4) is 0 Å². The Balaban J connectivity index is 0.000000438. The predicted octanol–water partition coefficient (Wildman–Crippen LogP) is 1.78. The fraction of sp³-hybridized carbons (Fsp3) is 1.00. The second-order valence-corrected chi connectivity index (χ2v) is 8.74. The first-order valence-corrected chi connectivity index (χ1v) is 12.8. The van der Waals surface area contributed by atoms with Gasteiger partial charge in [0.1, 0.15) is 0 Å².